The third kappa shape index (κ3) is 3.25. The number of hydrogen-bond donors (Lipinski definition) is 2. The van der Waals surface area contributed by atoms with Gasteiger partial charge in [-0.1, -0.05) is 0 Å². The Morgan fingerprint density at radius 3 is 2.65 bits per heavy atom. The molecule has 1 aromatic rings. The summed E-state index contributed by atoms with van der Waals surface area (Å²) in [5, 5.41) is 8.49. The van der Waals surface area contributed by atoms with E-state index in [0.717, 1.165) is 6.07 Å². The number of ketones is 1. The zero-order valence-corrected chi connectivity index (χ0v) is 9.14. The standard InChI is InChI=1S/C11H12FNO4/c1-17-9-3-2-6(4-7(9)12)11(16)8(13)5-10(14)15/h2-4,8H,5,13H2,1H3,(H,14,15). The summed E-state index contributed by atoms with van der Waals surface area (Å²) >= 11 is 0. The third-order valence-electron chi connectivity index (χ3n) is 2.17. The molecule has 1 unspecified atom stereocenters. The smallest absolute Gasteiger partial charge is 0.305 e. The van der Waals surface area contributed by atoms with Gasteiger partial charge in [-0.3, -0.25) is 9.59 Å². The van der Waals surface area contributed by atoms with Gasteiger partial charge in [0, 0.05) is 5.56 Å². The van der Waals surface area contributed by atoms with Crippen molar-refractivity contribution in [1.29, 1.82) is 0 Å². The average molecular weight is 241 g/mol. The highest BCUT2D eigenvalue weighted by Gasteiger charge is 2.19. The topological polar surface area (TPSA) is 89.6 Å². The lowest BCUT2D eigenvalue weighted by Gasteiger charge is -2.09. The van der Waals surface area contributed by atoms with E-state index >= 15 is 0 Å². The fourth-order valence-electron chi connectivity index (χ4n) is 1.31. The number of Topliss-reactive ketones (excluding diaryl/α,β-unsaturated/α-hetero) is 1. The average Bonchev–Trinajstić information content (AvgIpc) is 2.27. The number of benzene rings is 1. The molecule has 0 aliphatic heterocycles. The second-order valence-electron chi connectivity index (χ2n) is 3.42. The molecule has 0 saturated carbocycles. The molecule has 0 amide bonds. The first kappa shape index (κ1) is 13.1. The number of ether oxygens (including phenoxy) is 1. The maximum Gasteiger partial charge on any atom is 0.305 e. The Kier molecular flexibility index (Phi) is 4.17. The van der Waals surface area contributed by atoms with Crippen LogP contribution in [0.2, 0.25) is 0 Å². The van der Waals surface area contributed by atoms with Crippen LogP contribution in [0.25, 0.3) is 0 Å². The van der Waals surface area contributed by atoms with Gasteiger partial charge in [-0.2, -0.15) is 0 Å². The number of halogens is 1. The highest BCUT2D eigenvalue weighted by molar-refractivity contribution is 6.01. The van der Waals surface area contributed by atoms with Crippen LogP contribution in [0, 0.1) is 5.82 Å². The van der Waals surface area contributed by atoms with E-state index in [9.17, 15) is 14.0 Å². The molecule has 0 aliphatic rings. The van der Waals surface area contributed by atoms with Crippen molar-refractivity contribution >= 4 is 11.8 Å². The van der Waals surface area contributed by atoms with Crippen LogP contribution in [0.5, 0.6) is 5.75 Å². The number of hydrogen-bond acceptors (Lipinski definition) is 4. The van der Waals surface area contributed by atoms with Crippen LogP contribution in [-0.2, 0) is 4.79 Å². The Morgan fingerprint density at radius 1 is 1.53 bits per heavy atom. The van der Waals surface area contributed by atoms with Crippen LogP contribution in [0.4, 0.5) is 4.39 Å². The number of aliphatic carboxylic acids is 1. The number of rotatable bonds is 5. The number of carboxylic acids is 1. The Labute approximate surface area is 97.0 Å². The van der Waals surface area contributed by atoms with Crippen LogP contribution in [-0.4, -0.2) is 30.0 Å². The molecule has 0 aromatic heterocycles. The van der Waals surface area contributed by atoms with E-state index in [1.165, 1.54) is 19.2 Å². The lowest BCUT2D eigenvalue weighted by Crippen LogP contribution is -2.33. The second-order valence-corrected chi connectivity index (χ2v) is 3.42. The van der Waals surface area contributed by atoms with Crippen molar-refractivity contribution in [3.05, 3.63) is 29.6 Å². The molecule has 0 fully saturated rings. The van der Waals surface area contributed by atoms with E-state index < -0.39 is 30.0 Å². The van der Waals surface area contributed by atoms with Crippen LogP contribution < -0.4 is 10.5 Å². The van der Waals surface area contributed by atoms with Gasteiger partial charge in [0.15, 0.2) is 17.3 Å². The van der Waals surface area contributed by atoms with Gasteiger partial charge < -0.3 is 15.6 Å². The second kappa shape index (κ2) is 5.40. The number of carbonyl (C=O) groups is 2. The summed E-state index contributed by atoms with van der Waals surface area (Å²) < 4.78 is 18.0. The summed E-state index contributed by atoms with van der Waals surface area (Å²) in [5.41, 5.74) is 5.41. The molecule has 0 aliphatic carbocycles. The van der Waals surface area contributed by atoms with Crippen LogP contribution in [0.1, 0.15) is 16.8 Å². The Bertz CT molecular complexity index is 447. The molecule has 0 bridgehead atoms. The zero-order chi connectivity index (χ0) is 13.0. The molecular weight excluding hydrogens is 229 g/mol. The zero-order valence-electron chi connectivity index (χ0n) is 9.14. The number of methoxy groups -OCH3 is 1. The van der Waals surface area contributed by atoms with Gasteiger partial charge >= 0.3 is 5.97 Å². The van der Waals surface area contributed by atoms with Gasteiger partial charge in [0.1, 0.15) is 0 Å². The van der Waals surface area contributed by atoms with E-state index in [1.54, 1.807) is 0 Å². The van der Waals surface area contributed by atoms with Gasteiger partial charge in [-0.05, 0) is 18.2 Å². The van der Waals surface area contributed by atoms with Crippen LogP contribution in [0.3, 0.4) is 0 Å². The molecular formula is C11H12FNO4. The fraction of sp³-hybridized carbons (Fsp3) is 0.273. The first-order valence-corrected chi connectivity index (χ1v) is 4.81. The molecule has 3 N–H and O–H groups in total. The van der Waals surface area contributed by atoms with Crippen LogP contribution >= 0.6 is 0 Å². The minimum absolute atomic E-state index is 0.00774. The highest BCUT2D eigenvalue weighted by Crippen LogP contribution is 2.18. The molecule has 5 nitrogen and oxygen atoms in total. The molecule has 92 valence electrons. The first-order chi connectivity index (χ1) is 7.95. The molecule has 0 heterocycles. The lowest BCUT2D eigenvalue weighted by molar-refractivity contribution is -0.137. The summed E-state index contributed by atoms with van der Waals surface area (Å²) in [4.78, 5) is 22.0. The lowest BCUT2D eigenvalue weighted by atomic mass is 10.0. The minimum Gasteiger partial charge on any atom is -0.494 e. The van der Waals surface area contributed by atoms with Crippen molar-refractivity contribution in [2.75, 3.05) is 7.11 Å². The predicted molar refractivity (Wildman–Crippen MR) is 57.5 cm³/mol. The predicted octanol–water partition coefficient (Wildman–Crippen LogP) is 0.819. The van der Waals surface area contributed by atoms with E-state index in [0.29, 0.717) is 0 Å². The summed E-state index contributed by atoms with van der Waals surface area (Å²) in [6, 6.07) is 2.42. The third-order valence-corrected chi connectivity index (χ3v) is 2.17. The molecule has 0 radical (unpaired) electrons. The highest BCUT2D eigenvalue weighted by atomic mass is 19.1. The van der Waals surface area contributed by atoms with E-state index in [-0.39, 0.29) is 11.3 Å². The van der Waals surface area contributed by atoms with Crippen molar-refractivity contribution in [1.82, 2.24) is 0 Å². The SMILES string of the molecule is COc1ccc(C(=O)C(N)CC(=O)O)cc1F. The monoisotopic (exact) mass is 241 g/mol. The van der Waals surface area contributed by atoms with Gasteiger partial charge in [0.05, 0.1) is 19.6 Å². The van der Waals surface area contributed by atoms with Gasteiger partial charge in [0.2, 0.25) is 0 Å². The van der Waals surface area contributed by atoms with Gasteiger partial charge in [-0.25, -0.2) is 4.39 Å². The number of carbonyl (C=O) groups excluding carboxylic acids is 1. The molecule has 6 heteroatoms. The number of carboxylic acid groups (broad SMARTS) is 1. The summed E-state index contributed by atoms with van der Waals surface area (Å²) in [6.45, 7) is 0. The van der Waals surface area contributed by atoms with Gasteiger partial charge in [0.25, 0.3) is 0 Å². The quantitative estimate of drug-likeness (QED) is 0.745. The van der Waals surface area contributed by atoms with Gasteiger partial charge in [-0.15, -0.1) is 0 Å². The molecule has 0 spiro atoms. The molecule has 1 atom stereocenters. The molecule has 1 rings (SSSR count). The maximum atomic E-state index is 13.3. The Morgan fingerprint density at radius 2 is 2.18 bits per heavy atom. The van der Waals surface area contributed by atoms with Crippen molar-refractivity contribution < 1.29 is 23.8 Å². The molecule has 1 aromatic carbocycles. The van der Waals surface area contributed by atoms with Crippen molar-refractivity contribution in [2.24, 2.45) is 5.73 Å². The normalized spacial score (nSPS) is 11.9. The number of nitrogens with two attached hydrogens (primary N) is 1. The largest absolute Gasteiger partial charge is 0.494 e. The van der Waals surface area contributed by atoms with Crippen molar-refractivity contribution in [3.8, 4) is 5.75 Å². The fourth-order valence-corrected chi connectivity index (χ4v) is 1.31. The van der Waals surface area contributed by atoms with Crippen molar-refractivity contribution in [2.45, 2.75) is 12.5 Å². The van der Waals surface area contributed by atoms with Crippen LogP contribution in [0.15, 0.2) is 18.2 Å². The summed E-state index contributed by atoms with van der Waals surface area (Å²) in [5.74, 6) is -2.48. The van der Waals surface area contributed by atoms with Crippen molar-refractivity contribution in [3.63, 3.8) is 0 Å². The maximum absolute atomic E-state index is 13.3. The Hall–Kier alpha value is -1.95. The molecule has 17 heavy (non-hydrogen) atoms. The first-order valence-electron chi connectivity index (χ1n) is 4.81. The van der Waals surface area contributed by atoms with E-state index in [2.05, 4.69) is 0 Å². The summed E-state index contributed by atoms with van der Waals surface area (Å²) in [7, 11) is 1.30. The minimum atomic E-state index is -1.18. The Balaban J connectivity index is 2.89. The summed E-state index contributed by atoms with van der Waals surface area (Å²) in [6.07, 6.45) is -0.494. The van der Waals surface area contributed by atoms with E-state index in [1.807, 2.05) is 0 Å². The van der Waals surface area contributed by atoms with E-state index in [4.69, 9.17) is 15.6 Å². The molecule has 0 saturated heterocycles.